The molecule has 0 atom stereocenters. The number of aliphatic hydroxyl groups is 1. The summed E-state index contributed by atoms with van der Waals surface area (Å²) in [6.45, 7) is 4.68. The molecule has 2 aromatic rings. The molecule has 0 spiro atoms. The molecule has 2 rings (SSSR count). The number of nitrogens with zero attached hydrogens (tertiary/aromatic N) is 2. The molecule has 0 aliphatic heterocycles. The molecule has 0 aliphatic carbocycles. The van der Waals surface area contributed by atoms with Crippen LogP contribution in [0, 0.1) is 0 Å². The minimum Gasteiger partial charge on any atom is -0.486 e. The molecule has 1 aromatic heterocycles. The maximum atomic E-state index is 9.36. The van der Waals surface area contributed by atoms with Gasteiger partial charge in [0, 0.05) is 11.8 Å². The molecule has 0 amide bonds. The number of hydrogen-bond donors (Lipinski definition) is 1. The third-order valence-corrected chi connectivity index (χ3v) is 4.19. The van der Waals surface area contributed by atoms with Gasteiger partial charge in [0.1, 0.15) is 12.4 Å². The standard InChI is InChI=1S/C16H21BrN2O2/c1-3-14(4-2)19-9-8-13(18-19)11-21-16-12(10-20)6-5-7-15(16)17/h5-9,14,20H,3-4,10-11H2,1-2H3. The largest absolute Gasteiger partial charge is 0.486 e. The second-order valence-electron chi connectivity index (χ2n) is 4.93. The number of hydrogen-bond acceptors (Lipinski definition) is 3. The van der Waals surface area contributed by atoms with E-state index in [2.05, 4.69) is 34.9 Å². The second-order valence-corrected chi connectivity index (χ2v) is 5.79. The smallest absolute Gasteiger partial charge is 0.139 e. The Morgan fingerprint density at radius 1 is 1.29 bits per heavy atom. The zero-order chi connectivity index (χ0) is 15.2. The van der Waals surface area contributed by atoms with E-state index in [1.165, 1.54) is 0 Å². The van der Waals surface area contributed by atoms with Crippen LogP contribution in [0.25, 0.3) is 0 Å². The monoisotopic (exact) mass is 352 g/mol. The summed E-state index contributed by atoms with van der Waals surface area (Å²) < 4.78 is 8.67. The minimum atomic E-state index is -0.0447. The van der Waals surface area contributed by atoms with Crippen LogP contribution in [-0.2, 0) is 13.2 Å². The molecule has 1 N–H and O–H groups in total. The Labute approximate surface area is 133 Å². The SMILES string of the molecule is CCC(CC)n1ccc(COc2c(Br)cccc2CO)n1. The molecule has 0 aliphatic rings. The lowest BCUT2D eigenvalue weighted by atomic mass is 10.2. The highest BCUT2D eigenvalue weighted by atomic mass is 79.9. The molecule has 0 fully saturated rings. The average Bonchev–Trinajstić information content (AvgIpc) is 2.96. The first-order valence-corrected chi connectivity index (χ1v) is 8.03. The van der Waals surface area contributed by atoms with Gasteiger partial charge in [0.05, 0.1) is 22.8 Å². The summed E-state index contributed by atoms with van der Waals surface area (Å²) in [5.74, 6) is 0.678. The number of halogens is 1. The highest BCUT2D eigenvalue weighted by Crippen LogP contribution is 2.29. The lowest BCUT2D eigenvalue weighted by molar-refractivity contribution is 0.255. The Balaban J connectivity index is 2.07. The quantitative estimate of drug-likeness (QED) is 0.816. The van der Waals surface area contributed by atoms with E-state index in [0.29, 0.717) is 18.4 Å². The summed E-state index contributed by atoms with van der Waals surface area (Å²) in [5, 5.41) is 13.9. The van der Waals surface area contributed by atoms with Crippen molar-refractivity contribution in [3.8, 4) is 5.75 Å². The molecule has 1 aromatic carbocycles. The number of benzene rings is 1. The number of aromatic nitrogens is 2. The molecular formula is C16H21BrN2O2. The van der Waals surface area contributed by atoms with Crippen molar-refractivity contribution in [2.75, 3.05) is 0 Å². The number of para-hydroxylation sites is 1. The fourth-order valence-corrected chi connectivity index (χ4v) is 2.83. The predicted molar refractivity (Wildman–Crippen MR) is 86.2 cm³/mol. The molecule has 114 valence electrons. The van der Waals surface area contributed by atoms with Crippen molar-refractivity contribution >= 4 is 15.9 Å². The fraction of sp³-hybridized carbons (Fsp3) is 0.438. The topological polar surface area (TPSA) is 47.3 Å². The lowest BCUT2D eigenvalue weighted by Gasteiger charge is -2.13. The van der Waals surface area contributed by atoms with E-state index >= 15 is 0 Å². The molecular weight excluding hydrogens is 332 g/mol. The van der Waals surface area contributed by atoms with E-state index in [0.717, 1.165) is 28.6 Å². The summed E-state index contributed by atoms with van der Waals surface area (Å²) in [5.41, 5.74) is 1.66. The maximum absolute atomic E-state index is 9.36. The van der Waals surface area contributed by atoms with E-state index < -0.39 is 0 Å². The lowest BCUT2D eigenvalue weighted by Crippen LogP contribution is -2.08. The highest BCUT2D eigenvalue weighted by molar-refractivity contribution is 9.10. The molecule has 0 saturated heterocycles. The molecule has 21 heavy (non-hydrogen) atoms. The zero-order valence-electron chi connectivity index (χ0n) is 12.4. The van der Waals surface area contributed by atoms with Crippen molar-refractivity contribution in [2.24, 2.45) is 0 Å². The van der Waals surface area contributed by atoms with Crippen LogP contribution < -0.4 is 4.74 Å². The normalized spacial score (nSPS) is 11.1. The Bertz CT molecular complexity index is 579. The van der Waals surface area contributed by atoms with Crippen LogP contribution in [0.1, 0.15) is 44.0 Å². The first-order chi connectivity index (χ1) is 10.2. The van der Waals surface area contributed by atoms with E-state index in [9.17, 15) is 5.11 Å². The molecule has 1 heterocycles. The fourth-order valence-electron chi connectivity index (χ4n) is 2.31. The maximum Gasteiger partial charge on any atom is 0.139 e. The van der Waals surface area contributed by atoms with Gasteiger partial charge < -0.3 is 9.84 Å². The summed E-state index contributed by atoms with van der Waals surface area (Å²) in [6, 6.07) is 8.05. The van der Waals surface area contributed by atoms with E-state index in [1.54, 1.807) is 0 Å². The van der Waals surface area contributed by atoms with Gasteiger partial charge in [-0.3, -0.25) is 4.68 Å². The number of ether oxygens (including phenoxy) is 1. The number of aliphatic hydroxyl groups excluding tert-OH is 1. The van der Waals surface area contributed by atoms with Crippen molar-refractivity contribution in [2.45, 2.75) is 45.9 Å². The summed E-state index contributed by atoms with van der Waals surface area (Å²) in [4.78, 5) is 0. The minimum absolute atomic E-state index is 0.0447. The Hall–Kier alpha value is -1.33. The highest BCUT2D eigenvalue weighted by Gasteiger charge is 2.11. The van der Waals surface area contributed by atoms with Gasteiger partial charge in [-0.25, -0.2) is 0 Å². The summed E-state index contributed by atoms with van der Waals surface area (Å²) in [7, 11) is 0. The van der Waals surface area contributed by atoms with Gasteiger partial charge >= 0.3 is 0 Å². The van der Waals surface area contributed by atoms with Crippen LogP contribution in [-0.4, -0.2) is 14.9 Å². The molecule has 0 radical (unpaired) electrons. The molecule has 0 bridgehead atoms. The van der Waals surface area contributed by atoms with Crippen molar-refractivity contribution in [1.29, 1.82) is 0 Å². The van der Waals surface area contributed by atoms with E-state index in [4.69, 9.17) is 4.74 Å². The Morgan fingerprint density at radius 2 is 2.05 bits per heavy atom. The summed E-state index contributed by atoms with van der Waals surface area (Å²) >= 11 is 3.45. The van der Waals surface area contributed by atoms with E-state index in [1.807, 2.05) is 35.1 Å². The molecule has 5 heteroatoms. The zero-order valence-corrected chi connectivity index (χ0v) is 14.0. The number of rotatable bonds is 7. The van der Waals surface area contributed by atoms with Crippen molar-refractivity contribution in [1.82, 2.24) is 9.78 Å². The average molecular weight is 353 g/mol. The van der Waals surface area contributed by atoms with Gasteiger partial charge in [-0.05, 0) is 40.9 Å². The van der Waals surface area contributed by atoms with Gasteiger partial charge in [-0.2, -0.15) is 5.10 Å². The third-order valence-electron chi connectivity index (χ3n) is 3.56. The van der Waals surface area contributed by atoms with Crippen molar-refractivity contribution in [3.05, 3.63) is 46.2 Å². The second kappa shape index (κ2) is 7.61. The van der Waals surface area contributed by atoms with Crippen LogP contribution >= 0.6 is 15.9 Å². The van der Waals surface area contributed by atoms with Crippen LogP contribution in [0.5, 0.6) is 5.75 Å². The molecule has 0 unspecified atom stereocenters. The van der Waals surface area contributed by atoms with E-state index in [-0.39, 0.29) is 6.61 Å². The van der Waals surface area contributed by atoms with Crippen LogP contribution in [0.2, 0.25) is 0 Å². The summed E-state index contributed by atoms with van der Waals surface area (Å²) in [6.07, 6.45) is 4.14. The van der Waals surface area contributed by atoms with Gasteiger partial charge in [0.25, 0.3) is 0 Å². The first-order valence-electron chi connectivity index (χ1n) is 7.24. The first kappa shape index (κ1) is 16.0. The van der Waals surface area contributed by atoms with Gasteiger partial charge in [0.2, 0.25) is 0 Å². The third kappa shape index (κ3) is 3.86. The molecule has 4 nitrogen and oxygen atoms in total. The predicted octanol–water partition coefficient (Wildman–Crippen LogP) is 4.08. The van der Waals surface area contributed by atoms with Gasteiger partial charge in [-0.15, -0.1) is 0 Å². The van der Waals surface area contributed by atoms with Crippen LogP contribution in [0.15, 0.2) is 34.9 Å². The Kier molecular flexibility index (Phi) is 5.82. The molecule has 0 saturated carbocycles. The van der Waals surface area contributed by atoms with Gasteiger partial charge in [-0.1, -0.05) is 26.0 Å². The van der Waals surface area contributed by atoms with Crippen LogP contribution in [0.3, 0.4) is 0 Å². The van der Waals surface area contributed by atoms with Gasteiger partial charge in [0.15, 0.2) is 0 Å². The van der Waals surface area contributed by atoms with Crippen molar-refractivity contribution in [3.63, 3.8) is 0 Å². The Morgan fingerprint density at radius 3 is 2.71 bits per heavy atom. The van der Waals surface area contributed by atoms with Crippen LogP contribution in [0.4, 0.5) is 0 Å². The van der Waals surface area contributed by atoms with Crippen molar-refractivity contribution < 1.29 is 9.84 Å².